The highest BCUT2D eigenvalue weighted by atomic mass is 32.2. The van der Waals surface area contributed by atoms with Crippen molar-refractivity contribution in [3.8, 4) is 0 Å². The van der Waals surface area contributed by atoms with Gasteiger partial charge in [0.1, 0.15) is 18.2 Å². The lowest BCUT2D eigenvalue weighted by Crippen LogP contribution is -2.33. The van der Waals surface area contributed by atoms with Crippen molar-refractivity contribution in [3.63, 3.8) is 0 Å². The van der Waals surface area contributed by atoms with Crippen molar-refractivity contribution < 1.29 is 26.9 Å². The Hall–Kier alpha value is -3.92. The van der Waals surface area contributed by atoms with Gasteiger partial charge in [-0.05, 0) is 59.6 Å². The number of rotatable bonds is 9. The first kappa shape index (κ1) is 27.1. The van der Waals surface area contributed by atoms with Gasteiger partial charge in [0.05, 0.1) is 5.92 Å². The van der Waals surface area contributed by atoms with E-state index in [4.69, 9.17) is 20.1 Å². The Labute approximate surface area is 222 Å². The molecule has 4 rings (SSSR count). The fourth-order valence-corrected chi connectivity index (χ4v) is 5.62. The van der Waals surface area contributed by atoms with Gasteiger partial charge in [0.25, 0.3) is 0 Å². The maximum Gasteiger partial charge on any atom is 0.407 e. The monoisotopic (exact) mass is 537 g/mol. The lowest BCUT2D eigenvalue weighted by molar-refractivity contribution is -0.139. The Morgan fingerprint density at radius 1 is 0.921 bits per heavy atom. The van der Waals surface area contributed by atoms with E-state index in [0.717, 1.165) is 16.3 Å². The van der Waals surface area contributed by atoms with Crippen LogP contribution in [-0.2, 0) is 36.2 Å². The van der Waals surface area contributed by atoms with Gasteiger partial charge < -0.3 is 20.0 Å². The number of amidine groups is 1. The molecule has 3 aromatic carbocycles. The number of nitrogens with two attached hydrogens (primary N) is 1. The number of carbonyl (C=O) groups excluding carboxylic acids is 2. The summed E-state index contributed by atoms with van der Waals surface area (Å²) in [6.07, 6.45) is 1.84. The standard InChI is InChI=1S/C28H31N3O6S/c29-26(30)25-13-12-23-14-21(8-11-24(23)15-25)18-38(34,35)37-27(32)22-9-6-19(7-10-22)16-31-28(33)36-17-20-4-2-1-3-5-20/h1-5,8,11-15,19,22H,6-7,9-10,16-18H2,(H3,29,30)(H,31,33). The van der Waals surface area contributed by atoms with Gasteiger partial charge in [0.2, 0.25) is 0 Å². The highest BCUT2D eigenvalue weighted by molar-refractivity contribution is 7.86. The van der Waals surface area contributed by atoms with E-state index in [1.165, 1.54) is 0 Å². The predicted molar refractivity (Wildman–Crippen MR) is 144 cm³/mol. The Bertz CT molecular complexity index is 1420. The molecule has 10 heteroatoms. The number of nitrogen functional groups attached to an aromatic ring is 1. The number of hydrogen-bond donors (Lipinski definition) is 3. The van der Waals surface area contributed by atoms with Crippen LogP contribution in [0.4, 0.5) is 4.79 Å². The van der Waals surface area contributed by atoms with E-state index in [-0.39, 0.29) is 18.4 Å². The molecule has 3 aromatic rings. The molecule has 9 nitrogen and oxygen atoms in total. The van der Waals surface area contributed by atoms with E-state index < -0.39 is 33.9 Å². The lowest BCUT2D eigenvalue weighted by atomic mass is 9.82. The van der Waals surface area contributed by atoms with Gasteiger partial charge in [-0.15, -0.1) is 0 Å². The molecule has 1 saturated carbocycles. The molecular formula is C28H31N3O6S. The zero-order valence-electron chi connectivity index (χ0n) is 20.9. The molecule has 0 atom stereocenters. The molecule has 4 N–H and O–H groups in total. The summed E-state index contributed by atoms with van der Waals surface area (Å²) >= 11 is 0. The van der Waals surface area contributed by atoms with E-state index in [0.29, 0.717) is 43.4 Å². The van der Waals surface area contributed by atoms with Crippen LogP contribution in [0.5, 0.6) is 0 Å². The van der Waals surface area contributed by atoms with E-state index in [1.807, 2.05) is 30.3 Å². The van der Waals surface area contributed by atoms with E-state index in [2.05, 4.69) is 5.32 Å². The summed E-state index contributed by atoms with van der Waals surface area (Å²) in [4.78, 5) is 24.6. The molecule has 0 spiro atoms. The van der Waals surface area contributed by atoms with Gasteiger partial charge in [-0.2, -0.15) is 8.42 Å². The van der Waals surface area contributed by atoms with Gasteiger partial charge in [-0.1, -0.05) is 60.7 Å². The summed E-state index contributed by atoms with van der Waals surface area (Å²) < 4.78 is 35.3. The van der Waals surface area contributed by atoms with Crippen molar-refractivity contribution in [2.24, 2.45) is 17.6 Å². The first-order valence-electron chi connectivity index (χ1n) is 12.5. The highest BCUT2D eigenvalue weighted by Gasteiger charge is 2.30. The third-order valence-electron chi connectivity index (χ3n) is 6.70. The largest absolute Gasteiger partial charge is 0.445 e. The quantitative estimate of drug-likeness (QED) is 0.210. The zero-order valence-corrected chi connectivity index (χ0v) is 21.7. The Kier molecular flexibility index (Phi) is 8.62. The lowest BCUT2D eigenvalue weighted by Gasteiger charge is -2.27. The Morgan fingerprint density at radius 3 is 2.32 bits per heavy atom. The first-order chi connectivity index (χ1) is 18.2. The summed E-state index contributed by atoms with van der Waals surface area (Å²) in [5.41, 5.74) is 7.51. The molecule has 0 unspecified atom stereocenters. The van der Waals surface area contributed by atoms with Crippen LogP contribution in [0.2, 0.25) is 0 Å². The summed E-state index contributed by atoms with van der Waals surface area (Å²) in [5, 5.41) is 11.9. The van der Waals surface area contributed by atoms with Crippen molar-refractivity contribution >= 4 is 38.8 Å². The van der Waals surface area contributed by atoms with Crippen molar-refractivity contribution in [2.75, 3.05) is 6.54 Å². The second-order valence-electron chi connectivity index (χ2n) is 9.57. The van der Waals surface area contributed by atoms with Gasteiger partial charge in [0.15, 0.2) is 0 Å². The SMILES string of the molecule is N=C(N)c1ccc2cc(CS(=O)(=O)OC(=O)C3CCC(CNC(=O)OCc4ccccc4)CC3)ccc2c1. The van der Waals surface area contributed by atoms with Crippen molar-refractivity contribution in [1.29, 1.82) is 5.41 Å². The van der Waals surface area contributed by atoms with Crippen LogP contribution < -0.4 is 11.1 Å². The summed E-state index contributed by atoms with van der Waals surface area (Å²) in [6, 6.07) is 19.7. The topological polar surface area (TPSA) is 149 Å². The smallest absolute Gasteiger partial charge is 0.407 e. The first-order valence-corrected chi connectivity index (χ1v) is 14.0. The molecule has 0 bridgehead atoms. The molecule has 1 aliphatic carbocycles. The number of nitrogens with one attached hydrogen (secondary N) is 2. The number of hydrogen-bond acceptors (Lipinski definition) is 7. The maximum absolute atomic E-state index is 12.6. The Morgan fingerprint density at radius 2 is 1.61 bits per heavy atom. The molecule has 38 heavy (non-hydrogen) atoms. The van der Waals surface area contributed by atoms with Gasteiger partial charge in [-0.25, -0.2) is 4.79 Å². The number of amides is 1. The van der Waals surface area contributed by atoms with Gasteiger partial charge in [0, 0.05) is 12.1 Å². The fourth-order valence-electron chi connectivity index (χ4n) is 4.58. The van der Waals surface area contributed by atoms with Gasteiger partial charge >= 0.3 is 22.2 Å². The zero-order chi connectivity index (χ0) is 27.1. The minimum absolute atomic E-state index is 0.0443. The van der Waals surface area contributed by atoms with Crippen LogP contribution in [0.25, 0.3) is 10.8 Å². The van der Waals surface area contributed by atoms with Crippen LogP contribution in [0.3, 0.4) is 0 Å². The van der Waals surface area contributed by atoms with Crippen LogP contribution in [0.15, 0.2) is 66.7 Å². The number of alkyl carbamates (subject to hydrolysis) is 1. The van der Waals surface area contributed by atoms with E-state index in [9.17, 15) is 18.0 Å². The predicted octanol–water partition coefficient (Wildman–Crippen LogP) is 4.23. The fraction of sp³-hybridized carbons (Fsp3) is 0.321. The molecule has 1 fully saturated rings. The molecule has 1 amide bonds. The number of fused-ring (bicyclic) bond motifs is 1. The van der Waals surface area contributed by atoms with Crippen molar-refractivity contribution in [2.45, 2.75) is 38.0 Å². The normalized spacial score (nSPS) is 17.5. The summed E-state index contributed by atoms with van der Waals surface area (Å²) in [5.74, 6) is -1.51. The molecule has 0 saturated heterocycles. The molecule has 0 aromatic heterocycles. The second kappa shape index (κ2) is 12.1. The third kappa shape index (κ3) is 7.55. The second-order valence-corrected chi connectivity index (χ2v) is 11.1. The molecule has 0 radical (unpaired) electrons. The van der Waals surface area contributed by atoms with Crippen LogP contribution in [0, 0.1) is 17.2 Å². The minimum Gasteiger partial charge on any atom is -0.445 e. The van der Waals surface area contributed by atoms with Gasteiger partial charge in [-0.3, -0.25) is 10.2 Å². The van der Waals surface area contributed by atoms with Crippen LogP contribution in [0.1, 0.15) is 42.4 Å². The minimum atomic E-state index is -4.11. The average molecular weight is 538 g/mol. The number of benzene rings is 3. The van der Waals surface area contributed by atoms with Crippen LogP contribution >= 0.6 is 0 Å². The Balaban J connectivity index is 1.21. The average Bonchev–Trinajstić information content (AvgIpc) is 2.90. The van der Waals surface area contributed by atoms with Crippen LogP contribution in [-0.4, -0.2) is 32.9 Å². The van der Waals surface area contributed by atoms with Crippen molar-refractivity contribution in [3.05, 3.63) is 83.4 Å². The number of ether oxygens (including phenoxy) is 1. The van der Waals surface area contributed by atoms with E-state index >= 15 is 0 Å². The molecule has 200 valence electrons. The number of carbonyl (C=O) groups is 2. The molecule has 0 aliphatic heterocycles. The molecule has 1 aliphatic rings. The summed E-state index contributed by atoms with van der Waals surface area (Å²) in [7, 11) is -4.11. The molecular weight excluding hydrogens is 506 g/mol. The summed E-state index contributed by atoms with van der Waals surface area (Å²) in [6.45, 7) is 0.628. The molecule has 0 heterocycles. The highest BCUT2D eigenvalue weighted by Crippen LogP contribution is 2.30. The van der Waals surface area contributed by atoms with Crippen molar-refractivity contribution in [1.82, 2.24) is 5.32 Å². The maximum atomic E-state index is 12.6. The third-order valence-corrected chi connectivity index (χ3v) is 7.80. The van der Waals surface area contributed by atoms with E-state index in [1.54, 1.807) is 36.4 Å².